The van der Waals surface area contributed by atoms with Gasteiger partial charge in [0.15, 0.2) is 17.3 Å². The Hall–Kier alpha value is -6.59. The molecule has 0 fully saturated rings. The van der Waals surface area contributed by atoms with Crippen LogP contribution in [0.5, 0.6) is 0 Å². The molecule has 55 heavy (non-hydrogen) atoms. The smallest absolute Gasteiger partial charge is 0.340 e. The molecule has 0 aromatic heterocycles. The lowest BCUT2D eigenvalue weighted by atomic mass is 9.82. The summed E-state index contributed by atoms with van der Waals surface area (Å²) in [4.78, 5) is 194. The van der Waals surface area contributed by atoms with Crippen molar-refractivity contribution in [3.8, 4) is 0 Å². The number of carboxylic acid groups (broad SMARTS) is 7. The molecule has 0 saturated heterocycles. The molecule has 32 heteroatoms. The molecule has 0 heterocycles. The topological polar surface area (TPSA) is 487 Å². The average Bonchev–Trinajstić information content (AvgIpc) is 3.00. The number of rotatable bonds is 22. The van der Waals surface area contributed by atoms with Crippen molar-refractivity contribution in [2.75, 3.05) is 0 Å². The van der Waals surface area contributed by atoms with E-state index in [4.69, 9.17) is 0 Å². The molecule has 6 amide bonds. The number of carboxylic acids is 7. The van der Waals surface area contributed by atoms with E-state index < -0.39 is 143 Å². The minimum absolute atomic E-state index is 0.337. The number of carbonyl (C=O) groups is 16. The number of carbonyl (C=O) groups excluding carboxylic acids is 9. The molecule has 0 rings (SSSR count). The van der Waals surface area contributed by atoms with Gasteiger partial charge in [0.25, 0.3) is 51.7 Å². The Morgan fingerprint density at radius 3 is 0.582 bits per heavy atom. The quantitative estimate of drug-likeness (QED) is 0.0356. The highest BCUT2D eigenvalue weighted by Gasteiger charge is 2.63. The summed E-state index contributed by atoms with van der Waals surface area (Å²) >= 11 is 0. The van der Waals surface area contributed by atoms with Gasteiger partial charge in [0.05, 0.1) is 26.6 Å². The van der Waals surface area contributed by atoms with Crippen LogP contribution in [0.25, 0.3) is 0 Å². The summed E-state index contributed by atoms with van der Waals surface area (Å²) < 4.78 is 0. The summed E-state index contributed by atoms with van der Waals surface area (Å²) in [5, 5.41) is 74.1. The van der Waals surface area contributed by atoms with Gasteiger partial charge in [-0.05, 0) is 20.8 Å². The molecule has 4 unspecified atom stereocenters. The molecule has 0 radical (unpaired) electrons. The highest BCUT2D eigenvalue weighted by molar-refractivity contribution is 7.36. The fourth-order valence-corrected chi connectivity index (χ4v) is 5.83. The van der Waals surface area contributed by atoms with Crippen LogP contribution in [0.4, 0.5) is 0 Å². The van der Waals surface area contributed by atoms with Gasteiger partial charge >= 0.3 is 47.2 Å². The maximum Gasteiger partial charge on any atom is 0.340 e. The van der Waals surface area contributed by atoms with Crippen molar-refractivity contribution in [3.63, 3.8) is 0 Å². The van der Waals surface area contributed by atoms with Gasteiger partial charge in [0.2, 0.25) is 0 Å². The van der Waals surface area contributed by atoms with Crippen LogP contribution in [-0.2, 0) is 76.7 Å². The average molecular weight is 846 g/mol. The number of nitrogens with one attached hydrogen (secondary N) is 6. The minimum Gasteiger partial charge on any atom is -0.480 e. The minimum atomic E-state index is -4.28. The monoisotopic (exact) mass is 846 g/mol. The molecule has 29 nitrogen and oxygen atoms in total. The number of hydrogen-bond donors (Lipinski definition) is 13. The Kier molecular flexibility index (Phi) is 16.2. The molecule has 0 bridgehead atoms. The van der Waals surface area contributed by atoms with Crippen LogP contribution in [0.1, 0.15) is 20.8 Å². The van der Waals surface area contributed by atoms with E-state index in [9.17, 15) is 112 Å². The van der Waals surface area contributed by atoms with Crippen LogP contribution in [0, 0.1) is 21.7 Å². The van der Waals surface area contributed by atoms with Gasteiger partial charge in [-0.25, -0.2) is 28.8 Å². The Bertz CT molecular complexity index is 1600. The summed E-state index contributed by atoms with van der Waals surface area (Å²) in [6.07, 6.45) is 0. The third-order valence-electron chi connectivity index (χ3n) is 6.93. The molecule has 0 aliphatic rings. The summed E-state index contributed by atoms with van der Waals surface area (Å²) in [5.41, 5.74) is -15.7. The van der Waals surface area contributed by atoms with E-state index in [0.717, 1.165) is 0 Å². The van der Waals surface area contributed by atoms with Crippen molar-refractivity contribution in [3.05, 3.63) is 0 Å². The first-order chi connectivity index (χ1) is 25.1. The van der Waals surface area contributed by atoms with Gasteiger partial charge in [0.1, 0.15) is 0 Å². The SMILES string of the molecule is CC(=O)C(C(=O)O)(C(=O)O)C(=O)NPNC(=O)C(C(C)=O)(C(=O)O)C(=O)NPNC(=O)C(C(=O)O)(C(=O)O)C(=O)NPNC(=O)C(C(C)=O)(C(=O)O)C(=O)O. The third-order valence-corrected chi connectivity index (χ3v) is 9.04. The number of Topliss-reactive ketones (excluding diaryl/α,β-unsaturated/α-hetero) is 3. The third kappa shape index (κ3) is 8.47. The molecule has 0 aliphatic carbocycles. The summed E-state index contributed by atoms with van der Waals surface area (Å²) in [6, 6.07) is 0. The fraction of sp³-hybridized carbons (Fsp3) is 0.304. The number of amides is 6. The summed E-state index contributed by atoms with van der Waals surface area (Å²) in [5.74, 6) is -36.7. The second-order valence-electron chi connectivity index (χ2n) is 9.90. The van der Waals surface area contributed by atoms with Crippen molar-refractivity contribution in [1.82, 2.24) is 30.5 Å². The molecule has 0 aromatic carbocycles. The second kappa shape index (κ2) is 18.4. The molecule has 4 atom stereocenters. The van der Waals surface area contributed by atoms with Crippen molar-refractivity contribution < 1.29 is 112 Å². The zero-order valence-electron chi connectivity index (χ0n) is 27.2. The normalized spacial score (nSPS) is 12.8. The van der Waals surface area contributed by atoms with Crippen molar-refractivity contribution in [2.45, 2.75) is 20.8 Å². The predicted molar refractivity (Wildman–Crippen MR) is 169 cm³/mol. The standard InChI is InChI=1S/C23H25N6O23P3/c1-4(30)20(13(39)40,7(33)24-53-26-9(35)21(5(2)31,14(41)42)15(43)44)8(34)25-54-28-11(37)23(18(49)50,19(51)52)12(38)29-55-27-10(36)22(6(3)32,16(45)46)17(47)48/h53-55H,1-3H3,(H,24,33)(H,25,34)(H,26,35)(H,27,36)(H,28,37)(H,29,38)(H,39,40)(H,41,42)(H,43,44)(H,45,46)(H,47,48)(H,49,50)(H,51,52). The number of aliphatic carboxylic acids is 7. The van der Waals surface area contributed by atoms with Crippen LogP contribution >= 0.6 is 26.6 Å². The number of hydrogen-bond acceptors (Lipinski definition) is 16. The van der Waals surface area contributed by atoms with E-state index in [1.165, 1.54) is 30.5 Å². The first kappa shape index (κ1) is 48.4. The Morgan fingerprint density at radius 1 is 0.291 bits per heavy atom. The summed E-state index contributed by atoms with van der Waals surface area (Å²) in [7, 11) is -5.49. The van der Waals surface area contributed by atoms with E-state index in [-0.39, 0.29) is 0 Å². The van der Waals surface area contributed by atoms with E-state index in [1.54, 1.807) is 0 Å². The lowest BCUT2D eigenvalue weighted by molar-refractivity contribution is -0.174. The highest BCUT2D eigenvalue weighted by atomic mass is 31.1. The first-order valence-electron chi connectivity index (χ1n) is 13.3. The van der Waals surface area contributed by atoms with Gasteiger partial charge in [-0.1, -0.05) is 0 Å². The maximum absolute atomic E-state index is 12.9. The molecular weight excluding hydrogens is 821 g/mol. The molecule has 0 spiro atoms. The van der Waals surface area contributed by atoms with Gasteiger partial charge in [-0.2, -0.15) is 0 Å². The van der Waals surface area contributed by atoms with Gasteiger partial charge in [-0.15, -0.1) is 0 Å². The van der Waals surface area contributed by atoms with E-state index in [1.807, 2.05) is 0 Å². The molecular formula is C23H25N6O23P3. The first-order valence-corrected chi connectivity index (χ1v) is 16.3. The predicted octanol–water partition coefficient (Wildman–Crippen LogP) is -6.49. The lowest BCUT2D eigenvalue weighted by Crippen LogP contribution is -2.60. The highest BCUT2D eigenvalue weighted by Crippen LogP contribution is 2.28. The van der Waals surface area contributed by atoms with Crippen LogP contribution < -0.4 is 30.5 Å². The van der Waals surface area contributed by atoms with Crippen LogP contribution in [0.2, 0.25) is 0 Å². The zero-order valence-corrected chi connectivity index (χ0v) is 30.2. The van der Waals surface area contributed by atoms with Crippen LogP contribution in [0.3, 0.4) is 0 Å². The Balaban J connectivity index is 6.24. The molecule has 300 valence electrons. The second-order valence-corrected chi connectivity index (χ2v) is 12.2. The molecule has 0 aromatic rings. The largest absolute Gasteiger partial charge is 0.480 e. The Labute approximate surface area is 306 Å². The van der Waals surface area contributed by atoms with E-state index in [2.05, 4.69) is 0 Å². The number of ketones is 3. The van der Waals surface area contributed by atoms with Crippen molar-refractivity contribution in [1.29, 1.82) is 0 Å². The lowest BCUT2D eigenvalue weighted by Gasteiger charge is -2.26. The zero-order chi connectivity index (χ0) is 43.6. The van der Waals surface area contributed by atoms with Crippen molar-refractivity contribution in [2.24, 2.45) is 21.7 Å². The Morgan fingerprint density at radius 2 is 0.436 bits per heavy atom. The van der Waals surface area contributed by atoms with Crippen LogP contribution in [-0.4, -0.2) is 130 Å². The van der Waals surface area contributed by atoms with Gasteiger partial charge in [-0.3, -0.25) is 47.9 Å². The maximum atomic E-state index is 12.9. The van der Waals surface area contributed by atoms with Gasteiger partial charge in [0, 0.05) is 0 Å². The fourth-order valence-electron chi connectivity index (χ4n) is 3.84. The molecule has 0 aliphatic heterocycles. The molecule has 0 saturated carbocycles. The summed E-state index contributed by atoms with van der Waals surface area (Å²) in [6.45, 7) is 1.12. The van der Waals surface area contributed by atoms with E-state index >= 15 is 0 Å². The molecule has 13 N–H and O–H groups in total. The van der Waals surface area contributed by atoms with Crippen molar-refractivity contribution >= 4 is 121 Å². The van der Waals surface area contributed by atoms with Gasteiger partial charge < -0.3 is 66.3 Å². The van der Waals surface area contributed by atoms with E-state index in [0.29, 0.717) is 20.8 Å². The van der Waals surface area contributed by atoms with Crippen LogP contribution in [0.15, 0.2) is 0 Å².